The van der Waals surface area contributed by atoms with Crippen molar-refractivity contribution < 1.29 is 14.3 Å². The van der Waals surface area contributed by atoms with E-state index in [1.807, 2.05) is 0 Å². The van der Waals surface area contributed by atoms with E-state index in [1.165, 1.54) is 7.11 Å². The van der Waals surface area contributed by atoms with Gasteiger partial charge in [0.05, 0.1) is 13.2 Å². The molecule has 0 aromatic rings. The molecule has 1 unspecified atom stereocenters. The predicted octanol–water partition coefficient (Wildman–Crippen LogP) is 0.128. The van der Waals surface area contributed by atoms with E-state index in [2.05, 4.69) is 6.92 Å². The molecule has 0 radical (unpaired) electrons. The van der Waals surface area contributed by atoms with E-state index in [4.69, 9.17) is 9.47 Å². The number of carbonyl (C=O) groups is 1. The molecule has 1 atom stereocenters. The Labute approximate surface area is 78.8 Å². The number of nitrogens with zero attached hydrogens (tertiary/aromatic N) is 1. The molecule has 0 aromatic carbocycles. The highest BCUT2D eigenvalue weighted by atomic mass is 16.5. The average Bonchev–Trinajstić information content (AvgIpc) is 2.30. The van der Waals surface area contributed by atoms with Gasteiger partial charge in [-0.25, -0.2) is 0 Å². The molecular formula is C9H17NO3. The van der Waals surface area contributed by atoms with E-state index in [0.717, 1.165) is 13.2 Å². The number of rotatable bonds is 2. The summed E-state index contributed by atoms with van der Waals surface area (Å²) >= 11 is 0. The fourth-order valence-electron chi connectivity index (χ4n) is 1.42. The first-order valence-electron chi connectivity index (χ1n) is 4.58. The maximum absolute atomic E-state index is 11.4. The van der Waals surface area contributed by atoms with Gasteiger partial charge in [-0.05, 0) is 5.92 Å². The van der Waals surface area contributed by atoms with Crippen molar-refractivity contribution in [1.29, 1.82) is 0 Å². The van der Waals surface area contributed by atoms with E-state index in [-0.39, 0.29) is 12.5 Å². The van der Waals surface area contributed by atoms with Crippen LogP contribution in [-0.4, -0.2) is 50.8 Å². The molecule has 76 valence electrons. The molecule has 4 nitrogen and oxygen atoms in total. The van der Waals surface area contributed by atoms with E-state index < -0.39 is 0 Å². The molecule has 1 heterocycles. The van der Waals surface area contributed by atoms with Crippen LogP contribution in [0.1, 0.15) is 6.92 Å². The molecule has 0 spiro atoms. The van der Waals surface area contributed by atoms with Gasteiger partial charge in [0.2, 0.25) is 5.91 Å². The Kier molecular flexibility index (Phi) is 4.18. The normalized spacial score (nSPS) is 24.2. The lowest BCUT2D eigenvalue weighted by Crippen LogP contribution is -2.37. The van der Waals surface area contributed by atoms with E-state index in [9.17, 15) is 4.79 Å². The molecule has 4 heteroatoms. The summed E-state index contributed by atoms with van der Waals surface area (Å²) in [5.41, 5.74) is 0. The topological polar surface area (TPSA) is 38.8 Å². The lowest BCUT2D eigenvalue weighted by molar-refractivity contribution is -0.135. The molecular weight excluding hydrogens is 170 g/mol. The third-order valence-electron chi connectivity index (χ3n) is 2.06. The molecule has 1 rings (SSSR count). The maximum atomic E-state index is 11.4. The summed E-state index contributed by atoms with van der Waals surface area (Å²) < 4.78 is 10.1. The van der Waals surface area contributed by atoms with Gasteiger partial charge in [0, 0.05) is 20.2 Å². The van der Waals surface area contributed by atoms with Crippen LogP contribution in [0.5, 0.6) is 0 Å². The van der Waals surface area contributed by atoms with Gasteiger partial charge >= 0.3 is 0 Å². The first kappa shape index (κ1) is 10.5. The van der Waals surface area contributed by atoms with Crippen LogP contribution in [0.3, 0.4) is 0 Å². The van der Waals surface area contributed by atoms with E-state index in [1.54, 1.807) is 4.90 Å². The molecule has 1 aliphatic heterocycles. The van der Waals surface area contributed by atoms with Gasteiger partial charge in [-0.3, -0.25) is 4.79 Å². The fraction of sp³-hybridized carbons (Fsp3) is 0.889. The van der Waals surface area contributed by atoms with Crippen molar-refractivity contribution in [3.05, 3.63) is 0 Å². The zero-order chi connectivity index (χ0) is 9.68. The van der Waals surface area contributed by atoms with Gasteiger partial charge < -0.3 is 14.4 Å². The van der Waals surface area contributed by atoms with E-state index in [0.29, 0.717) is 19.1 Å². The van der Waals surface area contributed by atoms with E-state index >= 15 is 0 Å². The van der Waals surface area contributed by atoms with Gasteiger partial charge in [-0.1, -0.05) is 6.92 Å². The highest BCUT2D eigenvalue weighted by molar-refractivity contribution is 5.77. The molecule has 13 heavy (non-hydrogen) atoms. The Balaban J connectivity index is 2.42. The van der Waals surface area contributed by atoms with Crippen LogP contribution >= 0.6 is 0 Å². The second-order valence-corrected chi connectivity index (χ2v) is 3.45. The van der Waals surface area contributed by atoms with Crippen LogP contribution in [-0.2, 0) is 14.3 Å². The largest absolute Gasteiger partial charge is 0.379 e. The minimum atomic E-state index is 0.0554. The molecule has 0 aliphatic carbocycles. The Morgan fingerprint density at radius 1 is 1.69 bits per heavy atom. The van der Waals surface area contributed by atoms with Crippen LogP contribution in [0, 0.1) is 5.92 Å². The highest BCUT2D eigenvalue weighted by Crippen LogP contribution is 2.05. The fourth-order valence-corrected chi connectivity index (χ4v) is 1.42. The van der Waals surface area contributed by atoms with Gasteiger partial charge in [-0.15, -0.1) is 0 Å². The Hall–Kier alpha value is -0.610. The van der Waals surface area contributed by atoms with Crippen molar-refractivity contribution in [3.63, 3.8) is 0 Å². The summed E-state index contributed by atoms with van der Waals surface area (Å²) in [5, 5.41) is 0. The lowest BCUT2D eigenvalue weighted by Gasteiger charge is -2.21. The molecule has 1 amide bonds. The SMILES string of the molecule is COCC(=O)N1CCOCC(C)C1. The molecule has 1 saturated heterocycles. The molecule has 0 N–H and O–H groups in total. The predicted molar refractivity (Wildman–Crippen MR) is 48.4 cm³/mol. The summed E-state index contributed by atoms with van der Waals surface area (Å²) in [6, 6.07) is 0. The minimum absolute atomic E-state index is 0.0554. The first-order chi connectivity index (χ1) is 6.24. The molecule has 1 aliphatic rings. The zero-order valence-corrected chi connectivity index (χ0v) is 8.28. The van der Waals surface area contributed by atoms with Crippen molar-refractivity contribution >= 4 is 5.91 Å². The van der Waals surface area contributed by atoms with Gasteiger partial charge in [0.15, 0.2) is 0 Å². The second-order valence-electron chi connectivity index (χ2n) is 3.45. The number of ether oxygens (including phenoxy) is 2. The third kappa shape index (κ3) is 3.32. The summed E-state index contributed by atoms with van der Waals surface area (Å²) in [4.78, 5) is 13.2. The molecule has 0 aromatic heterocycles. The molecule has 0 saturated carbocycles. The van der Waals surface area contributed by atoms with Crippen molar-refractivity contribution in [2.45, 2.75) is 6.92 Å². The average molecular weight is 187 g/mol. The van der Waals surface area contributed by atoms with Crippen molar-refractivity contribution in [2.24, 2.45) is 5.92 Å². The van der Waals surface area contributed by atoms with Gasteiger partial charge in [0.1, 0.15) is 6.61 Å². The smallest absolute Gasteiger partial charge is 0.248 e. The van der Waals surface area contributed by atoms with Crippen LogP contribution < -0.4 is 0 Å². The zero-order valence-electron chi connectivity index (χ0n) is 8.28. The third-order valence-corrected chi connectivity index (χ3v) is 2.06. The quantitative estimate of drug-likeness (QED) is 0.616. The van der Waals surface area contributed by atoms with Gasteiger partial charge in [0.25, 0.3) is 0 Å². The lowest BCUT2D eigenvalue weighted by atomic mass is 10.2. The number of methoxy groups -OCH3 is 1. The standard InChI is InChI=1S/C9H17NO3/c1-8-5-10(3-4-13-6-8)9(11)7-12-2/h8H,3-7H2,1-2H3. The minimum Gasteiger partial charge on any atom is -0.379 e. The van der Waals surface area contributed by atoms with Crippen molar-refractivity contribution in [3.8, 4) is 0 Å². The van der Waals surface area contributed by atoms with Gasteiger partial charge in [-0.2, -0.15) is 0 Å². The molecule has 1 fully saturated rings. The summed E-state index contributed by atoms with van der Waals surface area (Å²) in [6.07, 6.45) is 0. The number of amides is 1. The number of carbonyl (C=O) groups excluding carboxylic acids is 1. The van der Waals surface area contributed by atoms with Crippen LogP contribution in [0.25, 0.3) is 0 Å². The summed E-state index contributed by atoms with van der Waals surface area (Å²) in [6.45, 7) is 5.11. The monoisotopic (exact) mass is 187 g/mol. The number of hydrogen-bond acceptors (Lipinski definition) is 3. The van der Waals surface area contributed by atoms with Crippen LogP contribution in [0.4, 0.5) is 0 Å². The summed E-state index contributed by atoms with van der Waals surface area (Å²) in [7, 11) is 1.54. The Bertz CT molecular complexity index is 172. The number of hydrogen-bond donors (Lipinski definition) is 0. The summed E-state index contributed by atoms with van der Waals surface area (Å²) in [5.74, 6) is 0.475. The Morgan fingerprint density at radius 2 is 2.46 bits per heavy atom. The highest BCUT2D eigenvalue weighted by Gasteiger charge is 2.19. The Morgan fingerprint density at radius 3 is 3.15 bits per heavy atom. The van der Waals surface area contributed by atoms with Crippen LogP contribution in [0.2, 0.25) is 0 Å². The first-order valence-corrected chi connectivity index (χ1v) is 4.58. The maximum Gasteiger partial charge on any atom is 0.248 e. The van der Waals surface area contributed by atoms with Crippen molar-refractivity contribution in [2.75, 3.05) is 40.0 Å². The molecule has 0 bridgehead atoms. The van der Waals surface area contributed by atoms with Crippen LogP contribution in [0.15, 0.2) is 0 Å². The van der Waals surface area contributed by atoms with Crippen molar-refractivity contribution in [1.82, 2.24) is 4.90 Å². The second kappa shape index (κ2) is 5.19.